The molecule has 0 saturated heterocycles. The number of aromatic nitrogens is 2. The molecular weight excluding hydrogens is 262 g/mol. The van der Waals surface area contributed by atoms with E-state index in [1.54, 1.807) is 0 Å². The summed E-state index contributed by atoms with van der Waals surface area (Å²) in [7, 11) is 0. The standard InChI is InChI=1S/C9H10BrN3O2/c1-2-3-4-5-13-7(11)6(10)8(14)12-9(13)15/h1H,3-5,11H2,(H,12,14,15). The topological polar surface area (TPSA) is 80.9 Å². The molecule has 0 saturated carbocycles. The Morgan fingerprint density at radius 1 is 1.53 bits per heavy atom. The van der Waals surface area contributed by atoms with Crippen LogP contribution in [0.1, 0.15) is 12.8 Å². The first-order valence-corrected chi connectivity index (χ1v) is 5.08. The highest BCUT2D eigenvalue weighted by Crippen LogP contribution is 2.11. The van der Waals surface area contributed by atoms with E-state index in [2.05, 4.69) is 26.8 Å². The van der Waals surface area contributed by atoms with Crippen LogP contribution in [0.2, 0.25) is 0 Å². The molecule has 1 rings (SSSR count). The van der Waals surface area contributed by atoms with E-state index in [-0.39, 0.29) is 10.3 Å². The van der Waals surface area contributed by atoms with Gasteiger partial charge in [0.25, 0.3) is 5.56 Å². The van der Waals surface area contributed by atoms with Crippen LogP contribution >= 0.6 is 15.9 Å². The van der Waals surface area contributed by atoms with E-state index in [0.717, 1.165) is 0 Å². The molecule has 0 aliphatic rings. The van der Waals surface area contributed by atoms with Crippen LogP contribution in [-0.4, -0.2) is 9.55 Å². The molecule has 3 N–H and O–H groups in total. The Morgan fingerprint density at radius 2 is 2.20 bits per heavy atom. The molecule has 0 bridgehead atoms. The number of hydrogen-bond acceptors (Lipinski definition) is 3. The first-order chi connectivity index (χ1) is 7.07. The highest BCUT2D eigenvalue weighted by atomic mass is 79.9. The van der Waals surface area contributed by atoms with Gasteiger partial charge in [0.1, 0.15) is 10.3 Å². The molecule has 5 nitrogen and oxygen atoms in total. The second-order valence-electron chi connectivity index (χ2n) is 2.92. The molecule has 0 spiro atoms. The zero-order chi connectivity index (χ0) is 11.4. The summed E-state index contributed by atoms with van der Waals surface area (Å²) in [5.74, 6) is 2.59. The lowest BCUT2D eigenvalue weighted by atomic mass is 10.3. The third-order valence-corrected chi connectivity index (χ3v) is 2.65. The SMILES string of the molecule is C#CCCCn1c(N)c(Br)c(=O)[nH]c1=O. The average molecular weight is 272 g/mol. The fourth-order valence-electron chi connectivity index (χ4n) is 1.12. The number of nitrogens with zero attached hydrogens (tertiary/aromatic N) is 1. The number of hydrogen-bond donors (Lipinski definition) is 2. The first kappa shape index (κ1) is 11.6. The number of rotatable bonds is 3. The van der Waals surface area contributed by atoms with Crippen molar-refractivity contribution in [3.8, 4) is 12.3 Å². The zero-order valence-electron chi connectivity index (χ0n) is 7.92. The number of unbranched alkanes of at least 4 members (excludes halogenated alkanes) is 1. The van der Waals surface area contributed by atoms with Crippen molar-refractivity contribution in [2.45, 2.75) is 19.4 Å². The van der Waals surface area contributed by atoms with Crippen molar-refractivity contribution in [2.75, 3.05) is 5.73 Å². The van der Waals surface area contributed by atoms with Crippen molar-refractivity contribution in [2.24, 2.45) is 0 Å². The van der Waals surface area contributed by atoms with E-state index >= 15 is 0 Å². The van der Waals surface area contributed by atoms with Gasteiger partial charge in [-0.1, -0.05) is 0 Å². The Bertz CT molecular complexity index is 510. The molecule has 0 aliphatic heterocycles. The number of halogens is 1. The summed E-state index contributed by atoms with van der Waals surface area (Å²) in [4.78, 5) is 24.6. The second kappa shape index (κ2) is 4.84. The maximum atomic E-state index is 11.4. The fourth-order valence-corrected chi connectivity index (χ4v) is 1.44. The van der Waals surface area contributed by atoms with Crippen LogP contribution in [0, 0.1) is 12.3 Å². The van der Waals surface area contributed by atoms with E-state index < -0.39 is 11.2 Å². The maximum Gasteiger partial charge on any atom is 0.329 e. The Morgan fingerprint density at radius 3 is 2.80 bits per heavy atom. The minimum Gasteiger partial charge on any atom is -0.384 e. The largest absolute Gasteiger partial charge is 0.384 e. The van der Waals surface area contributed by atoms with Gasteiger partial charge in [0, 0.05) is 13.0 Å². The van der Waals surface area contributed by atoms with Gasteiger partial charge in [-0.15, -0.1) is 12.3 Å². The summed E-state index contributed by atoms with van der Waals surface area (Å²) < 4.78 is 1.45. The lowest BCUT2D eigenvalue weighted by Crippen LogP contribution is -2.32. The van der Waals surface area contributed by atoms with Gasteiger partial charge in [-0.25, -0.2) is 4.79 Å². The molecular formula is C9H10BrN3O2. The Hall–Kier alpha value is -1.48. The monoisotopic (exact) mass is 271 g/mol. The van der Waals surface area contributed by atoms with E-state index in [1.807, 2.05) is 0 Å². The van der Waals surface area contributed by atoms with Crippen LogP contribution in [0.5, 0.6) is 0 Å². The smallest absolute Gasteiger partial charge is 0.329 e. The van der Waals surface area contributed by atoms with Gasteiger partial charge < -0.3 is 5.73 Å². The van der Waals surface area contributed by atoms with Crippen molar-refractivity contribution in [3.05, 3.63) is 25.3 Å². The number of anilines is 1. The van der Waals surface area contributed by atoms with E-state index in [0.29, 0.717) is 19.4 Å². The first-order valence-electron chi connectivity index (χ1n) is 4.29. The summed E-state index contributed by atoms with van der Waals surface area (Å²) in [6, 6.07) is 0. The maximum absolute atomic E-state index is 11.4. The Balaban J connectivity index is 3.09. The summed E-state index contributed by atoms with van der Waals surface area (Å²) >= 11 is 3.00. The highest BCUT2D eigenvalue weighted by molar-refractivity contribution is 9.10. The summed E-state index contributed by atoms with van der Waals surface area (Å²) in [5.41, 5.74) is 4.57. The van der Waals surface area contributed by atoms with Crippen LogP contribution in [0.15, 0.2) is 14.1 Å². The van der Waals surface area contributed by atoms with Gasteiger partial charge in [0.15, 0.2) is 0 Å². The molecule has 0 aliphatic carbocycles. The Labute approximate surface area is 94.4 Å². The van der Waals surface area contributed by atoms with Crippen molar-refractivity contribution >= 4 is 21.7 Å². The average Bonchev–Trinajstić information content (AvgIpc) is 2.20. The van der Waals surface area contributed by atoms with Gasteiger partial charge in [-0.3, -0.25) is 14.3 Å². The zero-order valence-corrected chi connectivity index (χ0v) is 9.50. The normalized spacial score (nSPS) is 9.87. The number of H-pyrrole nitrogens is 1. The van der Waals surface area contributed by atoms with Crippen molar-refractivity contribution in [3.63, 3.8) is 0 Å². The molecule has 0 aromatic carbocycles. The predicted octanol–water partition coefficient (Wildman–Crippen LogP) is 0.295. The summed E-state index contributed by atoms with van der Waals surface area (Å²) in [6.45, 7) is 0.393. The van der Waals surface area contributed by atoms with Gasteiger partial charge in [-0.05, 0) is 22.4 Å². The quantitative estimate of drug-likeness (QED) is 0.613. The molecule has 0 radical (unpaired) electrons. The van der Waals surface area contributed by atoms with Gasteiger partial charge in [-0.2, -0.15) is 0 Å². The van der Waals surface area contributed by atoms with Crippen LogP contribution in [0.4, 0.5) is 5.82 Å². The minimum absolute atomic E-state index is 0.126. The molecule has 0 amide bonds. The van der Waals surface area contributed by atoms with Gasteiger partial charge in [0.2, 0.25) is 0 Å². The second-order valence-corrected chi connectivity index (χ2v) is 3.71. The lowest BCUT2D eigenvalue weighted by molar-refractivity contribution is 0.621. The molecule has 0 fully saturated rings. The number of nitrogens with two attached hydrogens (primary N) is 1. The number of nitrogens with one attached hydrogen (secondary N) is 1. The molecule has 6 heteroatoms. The van der Waals surface area contributed by atoms with E-state index in [9.17, 15) is 9.59 Å². The third-order valence-electron chi connectivity index (χ3n) is 1.88. The molecule has 0 unspecified atom stereocenters. The molecule has 15 heavy (non-hydrogen) atoms. The van der Waals surface area contributed by atoms with E-state index in [1.165, 1.54) is 4.57 Å². The molecule has 1 aromatic rings. The lowest BCUT2D eigenvalue weighted by Gasteiger charge is -2.08. The molecule has 1 aromatic heterocycles. The number of aromatic amines is 1. The fraction of sp³-hybridized carbons (Fsp3) is 0.333. The van der Waals surface area contributed by atoms with Gasteiger partial charge in [0.05, 0.1) is 0 Å². The van der Waals surface area contributed by atoms with Gasteiger partial charge >= 0.3 is 5.69 Å². The number of nitrogen functional groups attached to an aromatic ring is 1. The highest BCUT2D eigenvalue weighted by Gasteiger charge is 2.08. The Kier molecular flexibility index (Phi) is 3.74. The molecule has 80 valence electrons. The molecule has 1 heterocycles. The van der Waals surface area contributed by atoms with E-state index in [4.69, 9.17) is 12.2 Å². The molecule has 0 atom stereocenters. The predicted molar refractivity (Wildman–Crippen MR) is 61.5 cm³/mol. The van der Waals surface area contributed by atoms with Crippen LogP contribution in [0.25, 0.3) is 0 Å². The van der Waals surface area contributed by atoms with Crippen LogP contribution in [-0.2, 0) is 6.54 Å². The van der Waals surface area contributed by atoms with Crippen LogP contribution in [0.3, 0.4) is 0 Å². The van der Waals surface area contributed by atoms with Crippen molar-refractivity contribution < 1.29 is 0 Å². The van der Waals surface area contributed by atoms with Crippen molar-refractivity contribution in [1.82, 2.24) is 9.55 Å². The summed E-state index contributed by atoms with van der Waals surface area (Å²) in [5, 5.41) is 0. The van der Waals surface area contributed by atoms with Crippen molar-refractivity contribution in [1.29, 1.82) is 0 Å². The number of terminal acetylenes is 1. The van der Waals surface area contributed by atoms with Crippen LogP contribution < -0.4 is 17.0 Å². The minimum atomic E-state index is -0.523. The summed E-state index contributed by atoms with van der Waals surface area (Å²) in [6.07, 6.45) is 6.28. The third kappa shape index (κ3) is 2.50.